The number of hydrogen-bond acceptors (Lipinski definition) is 1. The zero-order valence-electron chi connectivity index (χ0n) is 6.26. The van der Waals surface area contributed by atoms with E-state index < -0.39 is 0 Å². The minimum atomic E-state index is 0. The molecule has 0 saturated carbocycles. The summed E-state index contributed by atoms with van der Waals surface area (Å²) in [6.07, 6.45) is 0. The van der Waals surface area contributed by atoms with Crippen LogP contribution in [0, 0.1) is 28.2 Å². The summed E-state index contributed by atoms with van der Waals surface area (Å²) in [5.41, 5.74) is 0. The molecule has 0 atom stereocenters. The van der Waals surface area contributed by atoms with Crippen LogP contribution in [-0.4, -0.2) is 13.2 Å². The Labute approximate surface area is 70.1 Å². The molecular formula is C7H16NiO-4. The molecule has 0 unspecified atom stereocenters. The van der Waals surface area contributed by atoms with Gasteiger partial charge >= 0.3 is 0 Å². The molecule has 0 saturated heterocycles. The Morgan fingerprint density at radius 3 is 1.33 bits per heavy atom. The topological polar surface area (TPSA) is 9.23 Å². The van der Waals surface area contributed by atoms with Crippen molar-refractivity contribution in [2.75, 3.05) is 13.2 Å². The van der Waals surface area contributed by atoms with Crippen molar-refractivity contribution >= 4 is 0 Å². The Kier molecular flexibility index (Phi) is 99.4. The van der Waals surface area contributed by atoms with Gasteiger partial charge in [-0.25, -0.2) is 0 Å². The molecule has 0 amide bonds. The molecule has 0 aliphatic rings. The molecule has 0 aromatic carbocycles. The largest absolute Gasteiger partial charge is 0.445 e. The first-order valence-electron chi connectivity index (χ1n) is 2.28. The van der Waals surface area contributed by atoms with Crippen molar-refractivity contribution in [2.45, 2.75) is 6.92 Å². The van der Waals surface area contributed by atoms with E-state index in [1.165, 1.54) is 0 Å². The summed E-state index contributed by atoms with van der Waals surface area (Å²) in [5, 5.41) is 0. The van der Waals surface area contributed by atoms with Gasteiger partial charge in [-0.3, -0.25) is 0 Å². The summed E-state index contributed by atoms with van der Waals surface area (Å²) in [6, 6.07) is 0. The summed E-state index contributed by atoms with van der Waals surface area (Å²) in [4.78, 5) is 0. The second kappa shape index (κ2) is 39.4. The Hall–Kier alpha value is 0.454. The van der Waals surface area contributed by atoms with Gasteiger partial charge in [0.25, 0.3) is 0 Å². The van der Waals surface area contributed by atoms with Gasteiger partial charge in [-0.2, -0.15) is 6.92 Å². The Morgan fingerprint density at radius 2 is 1.33 bits per heavy atom. The fraction of sp³-hybridized carbons (Fsp3) is 0.429. The third-order valence-electron chi connectivity index (χ3n) is 0.289. The molecule has 0 aliphatic carbocycles. The first-order valence-corrected chi connectivity index (χ1v) is 2.28. The van der Waals surface area contributed by atoms with Crippen molar-refractivity contribution in [3.8, 4) is 0 Å². The minimum Gasteiger partial charge on any atom is -0.445 e. The Balaban J connectivity index is -0.0000000286. The molecule has 0 rings (SSSR count). The average Bonchev–Trinajstić information content (AvgIpc) is 1.75. The van der Waals surface area contributed by atoms with Gasteiger partial charge < -0.3 is 32.9 Å². The van der Waals surface area contributed by atoms with E-state index in [-0.39, 0.29) is 23.9 Å². The van der Waals surface area contributed by atoms with Crippen molar-refractivity contribution in [1.82, 2.24) is 0 Å². The zero-order chi connectivity index (χ0) is 6.12. The van der Waals surface area contributed by atoms with Gasteiger partial charge in [-0.15, -0.1) is 0 Å². The van der Waals surface area contributed by atoms with Gasteiger partial charge in [0.15, 0.2) is 0 Å². The standard InChI is InChI=1S/C4H8O.C2H5.CH3.Ni/c1-3-5-4-2;1-2;;/h1-4H2;1H2,2H3;1H3;/q-2;2*-1;. The third kappa shape index (κ3) is 58.5. The quantitative estimate of drug-likeness (QED) is 0.460. The van der Waals surface area contributed by atoms with E-state index in [1.54, 1.807) is 6.92 Å². The van der Waals surface area contributed by atoms with Crippen molar-refractivity contribution in [1.29, 1.82) is 0 Å². The maximum Gasteiger partial charge on any atom is 0 e. The van der Waals surface area contributed by atoms with Gasteiger partial charge in [0.1, 0.15) is 0 Å². The fourth-order valence-corrected chi connectivity index (χ4v) is 0.102. The van der Waals surface area contributed by atoms with Crippen LogP contribution in [0.4, 0.5) is 0 Å². The van der Waals surface area contributed by atoms with Crippen molar-refractivity contribution in [3.63, 3.8) is 0 Å². The smallest absolute Gasteiger partial charge is 0 e. The molecule has 0 bridgehead atoms. The normalized spacial score (nSPS) is 5.33. The minimum absolute atomic E-state index is 0. The summed E-state index contributed by atoms with van der Waals surface area (Å²) in [6.45, 7) is 12.9. The van der Waals surface area contributed by atoms with E-state index in [0.717, 1.165) is 0 Å². The summed E-state index contributed by atoms with van der Waals surface area (Å²) < 4.78 is 4.61. The number of rotatable bonds is 2. The van der Waals surface area contributed by atoms with Crippen molar-refractivity contribution in [2.24, 2.45) is 0 Å². The Bertz CT molecular complexity index is 16.4. The molecule has 0 aromatic rings. The van der Waals surface area contributed by atoms with Crippen molar-refractivity contribution in [3.05, 3.63) is 28.2 Å². The molecule has 64 valence electrons. The molecule has 0 fully saturated rings. The summed E-state index contributed by atoms with van der Waals surface area (Å²) in [5.74, 6) is 0. The average molecular weight is 175 g/mol. The Morgan fingerprint density at radius 1 is 1.11 bits per heavy atom. The van der Waals surface area contributed by atoms with E-state index in [4.69, 9.17) is 0 Å². The second-order valence-corrected chi connectivity index (χ2v) is 0.612. The predicted octanol–water partition coefficient (Wildman–Crippen LogP) is 1.96. The molecule has 2 heteroatoms. The maximum absolute atomic E-state index is 4.61. The second-order valence-electron chi connectivity index (χ2n) is 0.612. The van der Waals surface area contributed by atoms with Crippen LogP contribution in [0.2, 0.25) is 0 Å². The SMILES string of the molecule is [CH2-]C.[CH2-]COC[CH2-].[CH3-].[Ni]. The maximum atomic E-state index is 4.61. The predicted molar refractivity (Wildman–Crippen MR) is 39.0 cm³/mol. The van der Waals surface area contributed by atoms with Crippen LogP contribution in [0.15, 0.2) is 0 Å². The molecule has 0 aliphatic heterocycles. The van der Waals surface area contributed by atoms with Crippen LogP contribution >= 0.6 is 0 Å². The molecule has 0 N–H and O–H groups in total. The summed E-state index contributed by atoms with van der Waals surface area (Å²) in [7, 11) is 0. The molecule has 1 nitrogen and oxygen atoms in total. The molecular weight excluding hydrogens is 159 g/mol. The van der Waals surface area contributed by atoms with Crippen LogP contribution in [0.3, 0.4) is 0 Å². The van der Waals surface area contributed by atoms with Gasteiger partial charge in [-0.05, 0) is 0 Å². The molecule has 0 spiro atoms. The molecule has 0 radical (unpaired) electrons. The van der Waals surface area contributed by atoms with Crippen LogP contribution < -0.4 is 0 Å². The van der Waals surface area contributed by atoms with E-state index in [1.807, 2.05) is 0 Å². The van der Waals surface area contributed by atoms with Crippen molar-refractivity contribution < 1.29 is 21.2 Å². The first kappa shape index (κ1) is 22.7. The van der Waals surface area contributed by atoms with Crippen LogP contribution in [0.5, 0.6) is 0 Å². The zero-order valence-corrected chi connectivity index (χ0v) is 7.25. The van der Waals surface area contributed by atoms with E-state index >= 15 is 0 Å². The van der Waals surface area contributed by atoms with Gasteiger partial charge in [0.2, 0.25) is 0 Å². The van der Waals surface area contributed by atoms with Gasteiger partial charge in [0.05, 0.1) is 0 Å². The summed E-state index contributed by atoms with van der Waals surface area (Å²) >= 11 is 0. The molecule has 0 heterocycles. The van der Waals surface area contributed by atoms with Crippen LogP contribution in [0.25, 0.3) is 0 Å². The monoisotopic (exact) mass is 174 g/mol. The van der Waals surface area contributed by atoms with Gasteiger partial charge in [-0.1, -0.05) is 13.2 Å². The number of hydrogen-bond donors (Lipinski definition) is 0. The van der Waals surface area contributed by atoms with E-state index in [0.29, 0.717) is 13.2 Å². The third-order valence-corrected chi connectivity index (χ3v) is 0.289. The first-order chi connectivity index (χ1) is 3.41. The molecule has 0 aromatic heterocycles. The van der Waals surface area contributed by atoms with Crippen LogP contribution in [0.1, 0.15) is 6.92 Å². The van der Waals surface area contributed by atoms with E-state index in [9.17, 15) is 0 Å². The van der Waals surface area contributed by atoms with Gasteiger partial charge in [0, 0.05) is 16.5 Å². The molecule has 9 heavy (non-hydrogen) atoms. The number of ether oxygens (including phenoxy) is 1. The van der Waals surface area contributed by atoms with Crippen LogP contribution in [-0.2, 0) is 21.2 Å². The fourth-order valence-electron chi connectivity index (χ4n) is 0.102. The van der Waals surface area contributed by atoms with E-state index in [2.05, 4.69) is 25.5 Å².